The van der Waals surface area contributed by atoms with E-state index in [1.165, 1.54) is 19.2 Å². The first-order chi connectivity index (χ1) is 10.0. The number of ether oxygens (including phenoxy) is 2. The van der Waals surface area contributed by atoms with Gasteiger partial charge in [0.05, 0.1) is 4.92 Å². The molecule has 0 aliphatic rings. The number of nitrogens with two attached hydrogens (primary N) is 1. The van der Waals surface area contributed by atoms with Gasteiger partial charge in [-0.15, -0.1) is 0 Å². The van der Waals surface area contributed by atoms with Gasteiger partial charge in [-0.1, -0.05) is 12.1 Å². The summed E-state index contributed by atoms with van der Waals surface area (Å²) in [6, 6.07) is 6.06. The van der Waals surface area contributed by atoms with Crippen LogP contribution < -0.4 is 10.5 Å². The van der Waals surface area contributed by atoms with Crippen molar-refractivity contribution in [1.82, 2.24) is 9.97 Å². The standard InChI is InChI=1S/C13H14N4O4/c1-8-4-3-5-9(17(18)19)13(8)21-12-6-10(14)15-11(16-12)7-20-2/h3-6H,7H2,1-2H3,(H2,14,15,16). The quantitative estimate of drug-likeness (QED) is 0.663. The van der Waals surface area contributed by atoms with E-state index in [0.717, 1.165) is 0 Å². The van der Waals surface area contributed by atoms with Crippen LogP contribution in [0.1, 0.15) is 11.4 Å². The summed E-state index contributed by atoms with van der Waals surface area (Å²) in [7, 11) is 1.50. The first kappa shape index (κ1) is 14.7. The second-order valence-electron chi connectivity index (χ2n) is 4.26. The lowest BCUT2D eigenvalue weighted by atomic mass is 10.2. The highest BCUT2D eigenvalue weighted by atomic mass is 16.6. The highest BCUT2D eigenvalue weighted by Crippen LogP contribution is 2.33. The molecule has 0 aliphatic heterocycles. The van der Waals surface area contributed by atoms with Gasteiger partial charge in [0.2, 0.25) is 11.6 Å². The number of rotatable bonds is 5. The summed E-state index contributed by atoms with van der Waals surface area (Å²) in [4.78, 5) is 18.6. The molecule has 1 aromatic carbocycles. The van der Waals surface area contributed by atoms with Crippen molar-refractivity contribution in [3.63, 3.8) is 0 Å². The molecule has 0 radical (unpaired) electrons. The third-order valence-corrected chi connectivity index (χ3v) is 2.64. The Kier molecular flexibility index (Phi) is 4.29. The molecule has 8 nitrogen and oxygen atoms in total. The van der Waals surface area contributed by atoms with E-state index in [9.17, 15) is 10.1 Å². The number of anilines is 1. The van der Waals surface area contributed by atoms with Gasteiger partial charge in [-0.25, -0.2) is 4.98 Å². The third-order valence-electron chi connectivity index (χ3n) is 2.64. The van der Waals surface area contributed by atoms with Crippen molar-refractivity contribution < 1.29 is 14.4 Å². The number of methoxy groups -OCH3 is 1. The highest BCUT2D eigenvalue weighted by molar-refractivity contribution is 5.53. The molecule has 110 valence electrons. The van der Waals surface area contributed by atoms with Gasteiger partial charge in [0.15, 0.2) is 5.82 Å². The van der Waals surface area contributed by atoms with Gasteiger partial charge >= 0.3 is 5.69 Å². The molecular formula is C13H14N4O4. The maximum atomic E-state index is 11.0. The lowest BCUT2D eigenvalue weighted by Gasteiger charge is -2.09. The maximum absolute atomic E-state index is 11.0. The van der Waals surface area contributed by atoms with Gasteiger partial charge in [-0.3, -0.25) is 10.1 Å². The summed E-state index contributed by atoms with van der Waals surface area (Å²) in [5.74, 6) is 0.794. The highest BCUT2D eigenvalue weighted by Gasteiger charge is 2.18. The summed E-state index contributed by atoms with van der Waals surface area (Å²) in [5.41, 5.74) is 6.14. The molecule has 0 spiro atoms. The zero-order valence-electron chi connectivity index (χ0n) is 11.6. The van der Waals surface area contributed by atoms with E-state index in [2.05, 4.69) is 9.97 Å². The number of hydrogen-bond acceptors (Lipinski definition) is 7. The van der Waals surface area contributed by atoms with Crippen LogP contribution in [0, 0.1) is 17.0 Å². The number of nitro benzene ring substituents is 1. The smallest absolute Gasteiger partial charge is 0.311 e. The fourth-order valence-electron chi connectivity index (χ4n) is 1.76. The zero-order chi connectivity index (χ0) is 15.4. The number of nitro groups is 1. The van der Waals surface area contributed by atoms with Gasteiger partial charge in [0, 0.05) is 19.2 Å². The Morgan fingerprint density at radius 3 is 2.81 bits per heavy atom. The van der Waals surface area contributed by atoms with Gasteiger partial charge in [0.1, 0.15) is 12.4 Å². The molecule has 0 fully saturated rings. The van der Waals surface area contributed by atoms with Gasteiger partial charge in [-0.2, -0.15) is 4.98 Å². The van der Waals surface area contributed by atoms with Crippen molar-refractivity contribution in [3.05, 3.63) is 45.8 Å². The summed E-state index contributed by atoms with van der Waals surface area (Å²) in [6.07, 6.45) is 0. The average Bonchev–Trinajstić information content (AvgIpc) is 2.40. The first-order valence-electron chi connectivity index (χ1n) is 6.05. The molecule has 1 heterocycles. The third kappa shape index (κ3) is 3.42. The fourth-order valence-corrected chi connectivity index (χ4v) is 1.76. The molecule has 0 unspecified atom stereocenters. The zero-order valence-corrected chi connectivity index (χ0v) is 11.6. The Morgan fingerprint density at radius 1 is 1.38 bits per heavy atom. The summed E-state index contributed by atoms with van der Waals surface area (Å²) in [6.45, 7) is 1.88. The molecule has 0 bridgehead atoms. The lowest BCUT2D eigenvalue weighted by molar-refractivity contribution is -0.385. The molecular weight excluding hydrogens is 276 g/mol. The lowest BCUT2D eigenvalue weighted by Crippen LogP contribution is -2.03. The summed E-state index contributed by atoms with van der Waals surface area (Å²) < 4.78 is 10.5. The minimum atomic E-state index is -0.511. The average molecular weight is 290 g/mol. The molecule has 21 heavy (non-hydrogen) atoms. The van der Waals surface area contributed by atoms with Crippen molar-refractivity contribution in [1.29, 1.82) is 0 Å². The van der Waals surface area contributed by atoms with Gasteiger partial charge < -0.3 is 15.2 Å². The Labute approximate surface area is 120 Å². The minimum absolute atomic E-state index is 0.129. The molecule has 0 amide bonds. The van der Waals surface area contributed by atoms with Crippen molar-refractivity contribution >= 4 is 11.5 Å². The Balaban J connectivity index is 2.40. The van der Waals surface area contributed by atoms with E-state index in [-0.39, 0.29) is 29.7 Å². The van der Waals surface area contributed by atoms with Crippen LogP contribution in [0.4, 0.5) is 11.5 Å². The molecule has 2 N–H and O–H groups in total. The van der Waals surface area contributed by atoms with Crippen LogP contribution >= 0.6 is 0 Å². The summed E-state index contributed by atoms with van der Waals surface area (Å²) >= 11 is 0. The summed E-state index contributed by atoms with van der Waals surface area (Å²) in [5, 5.41) is 11.0. The molecule has 2 rings (SSSR count). The van der Waals surface area contributed by atoms with E-state index in [1.807, 2.05) is 0 Å². The monoisotopic (exact) mass is 290 g/mol. The van der Waals surface area contributed by atoms with Crippen LogP contribution in [0.15, 0.2) is 24.3 Å². The van der Waals surface area contributed by atoms with Crippen molar-refractivity contribution in [2.45, 2.75) is 13.5 Å². The van der Waals surface area contributed by atoms with E-state index in [0.29, 0.717) is 11.4 Å². The van der Waals surface area contributed by atoms with E-state index < -0.39 is 4.92 Å². The van der Waals surface area contributed by atoms with Crippen LogP contribution in [0.2, 0.25) is 0 Å². The number of nitrogens with zero attached hydrogens (tertiary/aromatic N) is 3. The molecule has 0 aliphatic carbocycles. The molecule has 1 aromatic heterocycles. The van der Waals surface area contributed by atoms with E-state index in [1.54, 1.807) is 19.1 Å². The SMILES string of the molecule is COCc1nc(N)cc(Oc2c(C)cccc2[N+](=O)[O-])n1. The Bertz CT molecular complexity index is 675. The number of aromatic nitrogens is 2. The van der Waals surface area contributed by atoms with Crippen LogP contribution in [0.25, 0.3) is 0 Å². The molecule has 2 aromatic rings. The largest absolute Gasteiger partial charge is 0.431 e. The predicted octanol–water partition coefficient (Wildman–Crippen LogP) is 2.21. The Morgan fingerprint density at radius 2 is 2.14 bits per heavy atom. The topological polar surface area (TPSA) is 113 Å². The molecule has 0 saturated carbocycles. The minimum Gasteiger partial charge on any atom is -0.431 e. The van der Waals surface area contributed by atoms with Crippen molar-refractivity contribution in [3.8, 4) is 11.6 Å². The van der Waals surface area contributed by atoms with E-state index >= 15 is 0 Å². The van der Waals surface area contributed by atoms with Crippen LogP contribution in [0.5, 0.6) is 11.6 Å². The van der Waals surface area contributed by atoms with Crippen molar-refractivity contribution in [2.75, 3.05) is 12.8 Å². The number of hydrogen-bond donors (Lipinski definition) is 1. The van der Waals surface area contributed by atoms with Crippen LogP contribution in [0.3, 0.4) is 0 Å². The van der Waals surface area contributed by atoms with E-state index in [4.69, 9.17) is 15.2 Å². The second kappa shape index (κ2) is 6.14. The van der Waals surface area contributed by atoms with Crippen LogP contribution in [-0.2, 0) is 11.3 Å². The van der Waals surface area contributed by atoms with Gasteiger partial charge in [0.25, 0.3) is 0 Å². The van der Waals surface area contributed by atoms with Gasteiger partial charge in [-0.05, 0) is 12.5 Å². The number of aryl methyl sites for hydroxylation is 1. The van der Waals surface area contributed by atoms with Crippen LogP contribution in [-0.4, -0.2) is 22.0 Å². The number of para-hydroxylation sites is 1. The Hall–Kier alpha value is -2.74. The second-order valence-corrected chi connectivity index (χ2v) is 4.26. The molecule has 0 atom stereocenters. The molecule has 0 saturated heterocycles. The molecule has 8 heteroatoms. The van der Waals surface area contributed by atoms with Crippen molar-refractivity contribution in [2.24, 2.45) is 0 Å². The number of benzene rings is 1. The number of nitrogen functional groups attached to an aromatic ring is 1. The normalized spacial score (nSPS) is 10.4. The maximum Gasteiger partial charge on any atom is 0.311 e. The fraction of sp³-hybridized carbons (Fsp3) is 0.231. The predicted molar refractivity (Wildman–Crippen MR) is 75.1 cm³/mol. The first-order valence-corrected chi connectivity index (χ1v) is 6.05.